The summed E-state index contributed by atoms with van der Waals surface area (Å²) in [6.07, 6.45) is 0.265. The van der Waals surface area contributed by atoms with Gasteiger partial charge >= 0.3 is 0 Å². The number of carbonyl (C=O) groups is 3. The van der Waals surface area contributed by atoms with E-state index in [2.05, 4.69) is 22.6 Å². The van der Waals surface area contributed by atoms with E-state index in [9.17, 15) is 34.8 Å². The molecule has 3 aliphatic rings. The van der Waals surface area contributed by atoms with Crippen LogP contribution in [0.5, 0.6) is 5.75 Å². The van der Waals surface area contributed by atoms with E-state index < -0.39 is 58.0 Å². The minimum Gasteiger partial charge on any atom is -0.508 e. The number of nitrogens with two attached hydrogens (primary N) is 1. The second kappa shape index (κ2) is 9.60. The van der Waals surface area contributed by atoms with Crippen LogP contribution in [0.1, 0.15) is 17.5 Å². The molecule has 11 heteroatoms. The maximum Gasteiger partial charge on any atom is 0.255 e. The van der Waals surface area contributed by atoms with Gasteiger partial charge in [-0.05, 0) is 84.8 Å². The highest BCUT2D eigenvalue weighted by molar-refractivity contribution is 14.1. The highest BCUT2D eigenvalue weighted by Crippen LogP contribution is 2.54. The lowest BCUT2D eigenvalue weighted by molar-refractivity contribution is -0.153. The molecule has 0 radical (unpaired) electrons. The quantitative estimate of drug-likeness (QED) is 0.245. The van der Waals surface area contributed by atoms with Crippen LogP contribution in [0.25, 0.3) is 16.9 Å². The zero-order valence-corrected chi connectivity index (χ0v) is 24.6. The van der Waals surface area contributed by atoms with Crippen LogP contribution in [0.3, 0.4) is 0 Å². The third-order valence-electron chi connectivity index (χ3n) is 8.33. The van der Waals surface area contributed by atoms with Crippen molar-refractivity contribution in [3.05, 3.63) is 61.9 Å². The molecule has 0 aromatic heterocycles. The van der Waals surface area contributed by atoms with Crippen molar-refractivity contribution in [2.45, 2.75) is 24.5 Å². The van der Waals surface area contributed by atoms with E-state index in [0.717, 1.165) is 9.26 Å². The molecule has 0 saturated heterocycles. The van der Waals surface area contributed by atoms with Gasteiger partial charge in [-0.15, -0.1) is 0 Å². The molecule has 2 aromatic rings. The number of Topliss-reactive ketones (excluding diaryl/α,β-unsaturated/α-hetero) is 2. The number of likely N-dealkylation sites (N-methyl/N-ethyl adjacent to an activating group) is 1. The summed E-state index contributed by atoms with van der Waals surface area (Å²) in [7, 11) is 6.81. The molecule has 40 heavy (non-hydrogen) atoms. The summed E-state index contributed by atoms with van der Waals surface area (Å²) in [5, 5.41) is 45.9. The van der Waals surface area contributed by atoms with E-state index in [4.69, 9.17) is 5.73 Å². The van der Waals surface area contributed by atoms with Gasteiger partial charge < -0.3 is 31.1 Å². The molecular weight excluding hydrogens is 629 g/mol. The molecule has 1 amide bonds. The number of aromatic hydroxyl groups is 1. The standard InChI is InChI=1S/C29H30IN3O7/c1-32(2)18-11-15(12-5-7-14(30)8-6-12)23(34)20-16(18)9-13-10-17-22(33(3)4)25(36)21(28(31)39)27(38)29(17,40)26(37)19(13)24(20)35/h5-8,11,13,17,22,34-35,38,40H,9-10H2,1-4H3,(H2,31,39)/t13-,17-,22?,29-/m0/s1. The Labute approximate surface area is 244 Å². The van der Waals surface area contributed by atoms with Crippen molar-refractivity contribution < 1.29 is 34.8 Å². The summed E-state index contributed by atoms with van der Waals surface area (Å²) in [4.78, 5) is 42.8. The van der Waals surface area contributed by atoms with Gasteiger partial charge in [0.25, 0.3) is 5.91 Å². The van der Waals surface area contributed by atoms with E-state index in [1.165, 1.54) is 4.90 Å². The van der Waals surface area contributed by atoms with Crippen LogP contribution in [0.15, 0.2) is 47.2 Å². The fourth-order valence-electron chi connectivity index (χ4n) is 6.54. The third kappa shape index (κ3) is 3.85. The Bertz CT molecular complexity index is 1540. The SMILES string of the molecule is CN(C)c1cc(-c2ccc(I)cc2)c(O)c2c1C[C@H]1C[C@H]3C(N(C)C)C(=O)C(C(N)=O)=C(O)[C@@]3(O)C(=O)C1=C2O. The number of anilines is 1. The van der Waals surface area contributed by atoms with Crippen molar-refractivity contribution in [2.75, 3.05) is 33.1 Å². The van der Waals surface area contributed by atoms with Crippen LogP contribution in [-0.4, -0.2) is 82.6 Å². The Balaban J connectivity index is 1.77. The van der Waals surface area contributed by atoms with Crippen LogP contribution >= 0.6 is 22.6 Å². The number of fused-ring (bicyclic) bond motifs is 3. The van der Waals surface area contributed by atoms with Crippen molar-refractivity contribution >= 4 is 51.5 Å². The van der Waals surface area contributed by atoms with Gasteiger partial charge in [0, 0.05) is 40.4 Å². The van der Waals surface area contributed by atoms with Crippen LogP contribution in [0.4, 0.5) is 5.69 Å². The van der Waals surface area contributed by atoms with Crippen molar-refractivity contribution in [2.24, 2.45) is 17.6 Å². The van der Waals surface area contributed by atoms with Gasteiger partial charge in [0.2, 0.25) is 5.78 Å². The Kier molecular flexibility index (Phi) is 6.75. The fraction of sp³-hybridized carbons (Fsp3) is 0.345. The fourth-order valence-corrected chi connectivity index (χ4v) is 6.90. The molecule has 0 heterocycles. The number of rotatable bonds is 4. The first kappa shape index (κ1) is 28.1. The lowest BCUT2D eigenvalue weighted by Crippen LogP contribution is -2.65. The van der Waals surface area contributed by atoms with Gasteiger partial charge in [0.1, 0.15) is 22.8 Å². The molecule has 0 bridgehead atoms. The first-order valence-corrected chi connectivity index (χ1v) is 13.8. The van der Waals surface area contributed by atoms with Gasteiger partial charge in [0.15, 0.2) is 11.4 Å². The van der Waals surface area contributed by atoms with E-state index in [-0.39, 0.29) is 29.7 Å². The van der Waals surface area contributed by atoms with Crippen LogP contribution < -0.4 is 10.6 Å². The Hall–Kier alpha value is -3.42. The molecule has 0 aliphatic heterocycles. The monoisotopic (exact) mass is 659 g/mol. The molecule has 2 aromatic carbocycles. The molecule has 10 nitrogen and oxygen atoms in total. The van der Waals surface area contributed by atoms with Crippen molar-refractivity contribution in [1.82, 2.24) is 4.90 Å². The third-order valence-corrected chi connectivity index (χ3v) is 9.05. The molecule has 3 aliphatic carbocycles. The van der Waals surface area contributed by atoms with E-state index in [1.807, 2.05) is 49.3 Å². The van der Waals surface area contributed by atoms with Crippen molar-refractivity contribution in [3.8, 4) is 16.9 Å². The summed E-state index contributed by atoms with van der Waals surface area (Å²) in [6.45, 7) is 0. The van der Waals surface area contributed by atoms with Crippen LogP contribution in [-0.2, 0) is 20.8 Å². The number of carbonyl (C=O) groups excluding carboxylic acids is 3. The lowest BCUT2D eigenvalue weighted by Gasteiger charge is -2.50. The predicted molar refractivity (Wildman–Crippen MR) is 157 cm³/mol. The molecule has 6 N–H and O–H groups in total. The molecule has 0 spiro atoms. The Morgan fingerprint density at radius 3 is 2.25 bits per heavy atom. The minimum absolute atomic E-state index is 0.0399. The molecule has 4 atom stereocenters. The Morgan fingerprint density at radius 1 is 1.07 bits per heavy atom. The highest BCUT2D eigenvalue weighted by Gasteiger charge is 2.64. The number of aliphatic hydroxyl groups is 3. The number of amides is 1. The van der Waals surface area contributed by atoms with Crippen LogP contribution in [0.2, 0.25) is 0 Å². The normalized spacial score (nSPS) is 26.0. The van der Waals surface area contributed by atoms with Gasteiger partial charge in [-0.3, -0.25) is 19.3 Å². The summed E-state index contributed by atoms with van der Waals surface area (Å²) in [5.74, 6) is -6.66. The van der Waals surface area contributed by atoms with Gasteiger partial charge in [-0.1, -0.05) is 12.1 Å². The molecule has 1 fully saturated rings. The second-order valence-electron chi connectivity index (χ2n) is 11.0. The van der Waals surface area contributed by atoms with E-state index >= 15 is 0 Å². The number of phenols is 1. The topological polar surface area (TPSA) is 165 Å². The lowest BCUT2D eigenvalue weighted by atomic mass is 9.57. The van der Waals surface area contributed by atoms with Crippen LogP contribution in [0, 0.1) is 15.4 Å². The maximum absolute atomic E-state index is 14.1. The minimum atomic E-state index is -2.67. The number of aliphatic hydroxyl groups excluding tert-OH is 2. The number of phenolic OH excluding ortho intramolecular Hbond substituents is 1. The van der Waals surface area contributed by atoms with Gasteiger partial charge in [0.05, 0.1) is 11.6 Å². The first-order valence-electron chi connectivity index (χ1n) is 12.7. The number of nitrogens with zero attached hydrogens (tertiary/aromatic N) is 2. The molecule has 1 unspecified atom stereocenters. The molecule has 5 rings (SSSR count). The summed E-state index contributed by atoms with van der Waals surface area (Å²) >= 11 is 2.18. The number of hydrogen-bond acceptors (Lipinski definition) is 9. The number of primary amides is 1. The summed E-state index contributed by atoms with van der Waals surface area (Å²) in [6, 6.07) is 8.15. The van der Waals surface area contributed by atoms with Crippen molar-refractivity contribution in [1.29, 1.82) is 0 Å². The van der Waals surface area contributed by atoms with Gasteiger partial charge in [-0.2, -0.15) is 0 Å². The zero-order chi connectivity index (χ0) is 29.4. The Morgan fingerprint density at radius 2 is 1.70 bits per heavy atom. The number of ketones is 2. The number of hydrogen-bond donors (Lipinski definition) is 5. The number of halogens is 1. The molecule has 1 saturated carbocycles. The average Bonchev–Trinajstić information content (AvgIpc) is 2.86. The second-order valence-corrected chi connectivity index (χ2v) is 12.3. The number of benzene rings is 2. The van der Waals surface area contributed by atoms with E-state index in [0.29, 0.717) is 16.7 Å². The highest BCUT2D eigenvalue weighted by atomic mass is 127. The summed E-state index contributed by atoms with van der Waals surface area (Å²) in [5.41, 5.74) is 4.26. The van der Waals surface area contributed by atoms with Gasteiger partial charge in [-0.25, -0.2) is 0 Å². The van der Waals surface area contributed by atoms with Crippen molar-refractivity contribution in [3.63, 3.8) is 0 Å². The first-order chi connectivity index (χ1) is 18.7. The molecule has 210 valence electrons. The molecular formula is C29H30IN3O7. The maximum atomic E-state index is 14.1. The predicted octanol–water partition coefficient (Wildman–Crippen LogP) is 2.30. The smallest absolute Gasteiger partial charge is 0.255 e. The summed E-state index contributed by atoms with van der Waals surface area (Å²) < 4.78 is 1.00. The zero-order valence-electron chi connectivity index (χ0n) is 22.4. The average molecular weight is 659 g/mol. The van der Waals surface area contributed by atoms with E-state index in [1.54, 1.807) is 14.1 Å². The largest absolute Gasteiger partial charge is 0.508 e.